The number of benzene rings is 2. The highest BCUT2D eigenvalue weighted by Crippen LogP contribution is 2.42. The Labute approximate surface area is 191 Å². The number of H-pyrrole nitrogens is 1. The Kier molecular flexibility index (Phi) is 5.98. The Morgan fingerprint density at radius 3 is 2.03 bits per heavy atom. The molecule has 0 fully saturated rings. The third-order valence-electron chi connectivity index (χ3n) is 5.93. The van der Waals surface area contributed by atoms with Gasteiger partial charge in [-0.05, 0) is 41.8 Å². The average Bonchev–Trinajstić information content (AvgIpc) is 2.80. The molecule has 176 valence electrons. The van der Waals surface area contributed by atoms with Gasteiger partial charge in [0.25, 0.3) is 5.56 Å². The standard InChI is InChI=1S/C23H26N2O7S/c1-29-18-9-13-6-7-25(33(5,27)28)22(15(13)11-20(18)31-3)16-8-14-10-19(30-2)21(32-4)12-17(14)24-23(16)26/h8-12,22H,6-7H2,1-5H3,(H,24,26)/t22-/m1/s1. The van der Waals surface area contributed by atoms with Crippen molar-refractivity contribution < 1.29 is 27.4 Å². The SMILES string of the molecule is COc1cc2c(cc1OC)[C@H](c1cc3cc(OC)c(OC)cc3[nH]c1=O)N(S(C)(=O)=O)CC2. The van der Waals surface area contributed by atoms with Crippen LogP contribution >= 0.6 is 0 Å². The number of pyridine rings is 1. The number of fused-ring (bicyclic) bond motifs is 2. The van der Waals surface area contributed by atoms with Crippen molar-refractivity contribution in [2.75, 3.05) is 41.2 Å². The number of aromatic amines is 1. The second-order valence-electron chi connectivity index (χ2n) is 7.78. The zero-order valence-corrected chi connectivity index (χ0v) is 19.9. The number of ether oxygens (including phenoxy) is 4. The number of sulfonamides is 1. The molecular weight excluding hydrogens is 448 g/mol. The van der Waals surface area contributed by atoms with Crippen LogP contribution in [0.2, 0.25) is 0 Å². The van der Waals surface area contributed by atoms with E-state index in [9.17, 15) is 13.2 Å². The summed E-state index contributed by atoms with van der Waals surface area (Å²) >= 11 is 0. The number of nitrogens with zero attached hydrogens (tertiary/aromatic N) is 1. The van der Waals surface area contributed by atoms with Gasteiger partial charge >= 0.3 is 0 Å². The number of nitrogens with one attached hydrogen (secondary N) is 1. The van der Waals surface area contributed by atoms with E-state index in [1.54, 1.807) is 31.4 Å². The van der Waals surface area contributed by atoms with Gasteiger partial charge in [-0.15, -0.1) is 0 Å². The fraction of sp³-hybridized carbons (Fsp3) is 0.348. The Hall–Kier alpha value is -3.24. The second-order valence-corrected chi connectivity index (χ2v) is 9.72. The molecule has 2 heterocycles. The summed E-state index contributed by atoms with van der Waals surface area (Å²) in [7, 11) is 2.47. The molecule has 4 rings (SSSR count). The molecule has 1 atom stereocenters. The molecule has 1 aliphatic rings. The fourth-order valence-corrected chi connectivity index (χ4v) is 5.39. The smallest absolute Gasteiger partial charge is 0.253 e. The summed E-state index contributed by atoms with van der Waals surface area (Å²) in [6, 6.07) is 7.88. The van der Waals surface area contributed by atoms with Gasteiger partial charge in [0.15, 0.2) is 23.0 Å². The lowest BCUT2D eigenvalue weighted by molar-refractivity contribution is 0.332. The summed E-state index contributed by atoms with van der Waals surface area (Å²) in [5.41, 5.74) is 2.03. The van der Waals surface area contributed by atoms with Crippen LogP contribution < -0.4 is 24.5 Å². The molecule has 10 heteroatoms. The molecule has 2 aromatic carbocycles. The van der Waals surface area contributed by atoms with Gasteiger partial charge in [-0.2, -0.15) is 4.31 Å². The first kappa shape index (κ1) is 22.9. The van der Waals surface area contributed by atoms with Crippen LogP contribution in [0.3, 0.4) is 0 Å². The van der Waals surface area contributed by atoms with E-state index >= 15 is 0 Å². The first-order valence-electron chi connectivity index (χ1n) is 10.2. The molecule has 0 saturated carbocycles. The normalized spacial score (nSPS) is 16.3. The molecule has 0 spiro atoms. The average molecular weight is 475 g/mol. The molecule has 0 amide bonds. The van der Waals surface area contributed by atoms with Crippen molar-refractivity contribution in [3.05, 3.63) is 57.4 Å². The minimum atomic E-state index is -3.63. The van der Waals surface area contributed by atoms with Gasteiger partial charge in [0.2, 0.25) is 10.0 Å². The van der Waals surface area contributed by atoms with Crippen LogP contribution in [-0.2, 0) is 16.4 Å². The van der Waals surface area contributed by atoms with E-state index in [-0.39, 0.29) is 6.54 Å². The van der Waals surface area contributed by atoms with Gasteiger partial charge in [-0.25, -0.2) is 8.42 Å². The van der Waals surface area contributed by atoms with Crippen molar-refractivity contribution in [3.8, 4) is 23.0 Å². The number of aromatic nitrogens is 1. The van der Waals surface area contributed by atoms with Crippen LogP contribution in [0.4, 0.5) is 0 Å². The maximum atomic E-state index is 13.2. The molecule has 1 aromatic heterocycles. The monoisotopic (exact) mass is 474 g/mol. The van der Waals surface area contributed by atoms with E-state index in [4.69, 9.17) is 18.9 Å². The van der Waals surface area contributed by atoms with Gasteiger partial charge in [-0.1, -0.05) is 0 Å². The van der Waals surface area contributed by atoms with Gasteiger partial charge in [0, 0.05) is 23.6 Å². The summed E-state index contributed by atoms with van der Waals surface area (Å²) < 4.78 is 48.4. The van der Waals surface area contributed by atoms with E-state index in [0.717, 1.165) is 11.8 Å². The molecule has 9 nitrogen and oxygen atoms in total. The summed E-state index contributed by atoms with van der Waals surface area (Å²) in [5.74, 6) is 1.98. The Morgan fingerprint density at radius 1 is 0.848 bits per heavy atom. The topological polar surface area (TPSA) is 107 Å². The first-order valence-corrected chi connectivity index (χ1v) is 12.1. The lowest BCUT2D eigenvalue weighted by Gasteiger charge is -2.36. The number of rotatable bonds is 6. The Balaban J connectivity index is 2.00. The predicted molar refractivity (Wildman–Crippen MR) is 124 cm³/mol. The lowest BCUT2D eigenvalue weighted by Crippen LogP contribution is -2.42. The summed E-state index contributed by atoms with van der Waals surface area (Å²) in [6.07, 6.45) is 1.63. The summed E-state index contributed by atoms with van der Waals surface area (Å²) in [5, 5.41) is 0.684. The molecule has 33 heavy (non-hydrogen) atoms. The first-order chi connectivity index (χ1) is 15.7. The fourth-order valence-electron chi connectivity index (χ4n) is 4.36. The minimum Gasteiger partial charge on any atom is -0.493 e. The third kappa shape index (κ3) is 4.00. The van der Waals surface area contributed by atoms with Crippen molar-refractivity contribution in [1.82, 2.24) is 9.29 Å². The van der Waals surface area contributed by atoms with Crippen LogP contribution in [0.15, 0.2) is 35.1 Å². The van der Waals surface area contributed by atoms with Crippen LogP contribution in [0.25, 0.3) is 10.9 Å². The molecule has 1 N–H and O–H groups in total. The van der Waals surface area contributed by atoms with Crippen molar-refractivity contribution >= 4 is 20.9 Å². The number of methoxy groups -OCH3 is 4. The zero-order chi connectivity index (χ0) is 23.9. The van der Waals surface area contributed by atoms with Crippen LogP contribution in [0.1, 0.15) is 22.7 Å². The van der Waals surface area contributed by atoms with E-state index in [2.05, 4.69) is 4.98 Å². The molecular formula is C23H26N2O7S. The van der Waals surface area contributed by atoms with Gasteiger partial charge in [0.1, 0.15) is 0 Å². The second kappa shape index (κ2) is 8.60. The molecule has 0 bridgehead atoms. The van der Waals surface area contributed by atoms with Crippen molar-refractivity contribution in [2.24, 2.45) is 0 Å². The Bertz CT molecular complexity index is 1380. The minimum absolute atomic E-state index is 0.232. The van der Waals surface area contributed by atoms with E-state index in [1.165, 1.54) is 25.6 Å². The molecule has 0 aliphatic carbocycles. The van der Waals surface area contributed by atoms with Crippen LogP contribution in [-0.4, -0.2) is 58.9 Å². The highest BCUT2D eigenvalue weighted by atomic mass is 32.2. The Morgan fingerprint density at radius 2 is 1.42 bits per heavy atom. The molecule has 0 radical (unpaired) electrons. The van der Waals surface area contributed by atoms with Crippen molar-refractivity contribution in [2.45, 2.75) is 12.5 Å². The van der Waals surface area contributed by atoms with Gasteiger partial charge in [0.05, 0.1) is 46.3 Å². The maximum Gasteiger partial charge on any atom is 0.253 e. The van der Waals surface area contributed by atoms with Crippen molar-refractivity contribution in [1.29, 1.82) is 0 Å². The molecule has 1 aliphatic heterocycles. The largest absolute Gasteiger partial charge is 0.493 e. The summed E-state index contributed by atoms with van der Waals surface area (Å²) in [4.78, 5) is 16.1. The van der Waals surface area contributed by atoms with Crippen LogP contribution in [0.5, 0.6) is 23.0 Å². The number of hydrogen-bond donors (Lipinski definition) is 1. The molecule has 3 aromatic rings. The van der Waals surface area contributed by atoms with E-state index < -0.39 is 21.6 Å². The highest BCUT2D eigenvalue weighted by molar-refractivity contribution is 7.88. The molecule has 0 saturated heterocycles. The van der Waals surface area contributed by atoms with Crippen LogP contribution in [0, 0.1) is 0 Å². The third-order valence-corrected chi connectivity index (χ3v) is 7.17. The predicted octanol–water partition coefficient (Wildman–Crippen LogP) is 2.47. The lowest BCUT2D eigenvalue weighted by atomic mass is 9.89. The van der Waals surface area contributed by atoms with Gasteiger partial charge < -0.3 is 23.9 Å². The molecule has 0 unspecified atom stereocenters. The highest BCUT2D eigenvalue weighted by Gasteiger charge is 2.37. The van der Waals surface area contributed by atoms with E-state index in [1.807, 2.05) is 6.07 Å². The van der Waals surface area contributed by atoms with Gasteiger partial charge in [-0.3, -0.25) is 4.79 Å². The summed E-state index contributed by atoms with van der Waals surface area (Å²) in [6.45, 7) is 0.232. The van der Waals surface area contributed by atoms with E-state index in [0.29, 0.717) is 51.4 Å². The number of hydrogen-bond acceptors (Lipinski definition) is 7. The van der Waals surface area contributed by atoms with Crippen molar-refractivity contribution in [3.63, 3.8) is 0 Å². The zero-order valence-electron chi connectivity index (χ0n) is 19.1. The quantitative estimate of drug-likeness (QED) is 0.585. The maximum absolute atomic E-state index is 13.2.